The van der Waals surface area contributed by atoms with Crippen LogP contribution in [0.15, 0.2) is 11.9 Å². The molecule has 0 radical (unpaired) electrons. The molecule has 0 fully saturated rings. The van der Waals surface area contributed by atoms with Crippen LogP contribution in [0, 0.1) is 0 Å². The number of unbranched alkanes of at least 4 members (excludes halogenated alkanes) is 1. The van der Waals surface area contributed by atoms with Crippen molar-refractivity contribution in [3.8, 4) is 0 Å². The van der Waals surface area contributed by atoms with Crippen molar-refractivity contribution in [2.45, 2.75) is 19.8 Å². The molecule has 4 nitrogen and oxygen atoms in total. The summed E-state index contributed by atoms with van der Waals surface area (Å²) in [6, 6.07) is 0. The lowest BCUT2D eigenvalue weighted by atomic mass is 10.4. The number of rotatable bonds is 4. The van der Waals surface area contributed by atoms with Gasteiger partial charge in [0.1, 0.15) is 5.70 Å². The Morgan fingerprint density at radius 3 is 2.73 bits per heavy atom. The number of hydrogen-bond donors (Lipinski definition) is 2. The molecule has 0 saturated carbocycles. The monoisotopic (exact) mass is 158 g/mol. The standard InChI is InChI=1S/C7H14N2O2/c1-2-3-4-11-7(10)6(9)5-8/h5H,2-4,8-9H2,1H3. The maximum Gasteiger partial charge on any atom is 0.355 e. The molecule has 0 rings (SSSR count). The second kappa shape index (κ2) is 5.58. The molecular weight excluding hydrogens is 144 g/mol. The fraction of sp³-hybridized carbons (Fsp3) is 0.571. The van der Waals surface area contributed by atoms with Gasteiger partial charge in [0.15, 0.2) is 0 Å². The highest BCUT2D eigenvalue weighted by Gasteiger charge is 2.03. The van der Waals surface area contributed by atoms with Crippen LogP contribution in [0.5, 0.6) is 0 Å². The van der Waals surface area contributed by atoms with Gasteiger partial charge in [0.25, 0.3) is 0 Å². The van der Waals surface area contributed by atoms with Crippen molar-refractivity contribution in [3.05, 3.63) is 11.9 Å². The smallest absolute Gasteiger partial charge is 0.355 e. The molecular formula is C7H14N2O2. The van der Waals surface area contributed by atoms with Gasteiger partial charge in [0.2, 0.25) is 0 Å². The van der Waals surface area contributed by atoms with Crippen LogP contribution >= 0.6 is 0 Å². The van der Waals surface area contributed by atoms with E-state index in [9.17, 15) is 4.79 Å². The molecule has 64 valence electrons. The molecule has 0 aliphatic heterocycles. The van der Waals surface area contributed by atoms with Gasteiger partial charge in [-0.05, 0) is 6.42 Å². The first-order chi connectivity index (χ1) is 5.22. The van der Waals surface area contributed by atoms with E-state index in [2.05, 4.69) is 0 Å². The number of ether oxygens (including phenoxy) is 1. The number of carbonyl (C=O) groups excluding carboxylic acids is 1. The Hall–Kier alpha value is -1.19. The number of nitrogens with two attached hydrogens (primary N) is 2. The quantitative estimate of drug-likeness (QED) is 0.345. The minimum Gasteiger partial charge on any atom is -0.461 e. The van der Waals surface area contributed by atoms with E-state index < -0.39 is 5.97 Å². The molecule has 0 aliphatic carbocycles. The van der Waals surface area contributed by atoms with E-state index in [1.54, 1.807) is 0 Å². The SMILES string of the molecule is CCCCOC(=O)C(N)=CN. The van der Waals surface area contributed by atoms with Crippen molar-refractivity contribution >= 4 is 5.97 Å². The molecule has 0 saturated heterocycles. The van der Waals surface area contributed by atoms with Crippen molar-refractivity contribution in [2.24, 2.45) is 11.5 Å². The van der Waals surface area contributed by atoms with E-state index in [0.29, 0.717) is 6.61 Å². The molecule has 0 aromatic rings. The zero-order valence-electron chi connectivity index (χ0n) is 6.67. The van der Waals surface area contributed by atoms with E-state index in [-0.39, 0.29) is 5.70 Å². The van der Waals surface area contributed by atoms with Gasteiger partial charge in [-0.25, -0.2) is 4.79 Å². The minimum absolute atomic E-state index is 0.0406. The molecule has 0 aromatic heterocycles. The van der Waals surface area contributed by atoms with Gasteiger partial charge < -0.3 is 16.2 Å². The average Bonchev–Trinajstić information content (AvgIpc) is 2.03. The van der Waals surface area contributed by atoms with Crippen LogP contribution in [-0.2, 0) is 9.53 Å². The molecule has 0 spiro atoms. The van der Waals surface area contributed by atoms with Crippen LogP contribution in [0.3, 0.4) is 0 Å². The summed E-state index contributed by atoms with van der Waals surface area (Å²) in [6.07, 6.45) is 2.87. The van der Waals surface area contributed by atoms with Crippen molar-refractivity contribution < 1.29 is 9.53 Å². The molecule has 0 unspecified atom stereocenters. The van der Waals surface area contributed by atoms with E-state index in [1.165, 1.54) is 0 Å². The molecule has 0 bridgehead atoms. The van der Waals surface area contributed by atoms with Crippen LogP contribution in [0.4, 0.5) is 0 Å². The average molecular weight is 158 g/mol. The third-order valence-electron chi connectivity index (χ3n) is 1.15. The molecule has 4 N–H and O–H groups in total. The molecule has 0 heterocycles. The largest absolute Gasteiger partial charge is 0.461 e. The lowest BCUT2D eigenvalue weighted by molar-refractivity contribution is -0.139. The van der Waals surface area contributed by atoms with Crippen molar-refractivity contribution in [3.63, 3.8) is 0 Å². The summed E-state index contributed by atoms with van der Waals surface area (Å²) >= 11 is 0. The van der Waals surface area contributed by atoms with E-state index in [1.807, 2.05) is 6.92 Å². The topological polar surface area (TPSA) is 78.3 Å². The van der Waals surface area contributed by atoms with Gasteiger partial charge in [-0.1, -0.05) is 13.3 Å². The van der Waals surface area contributed by atoms with Crippen LogP contribution in [0.25, 0.3) is 0 Å². The van der Waals surface area contributed by atoms with Gasteiger partial charge in [0, 0.05) is 6.20 Å². The Morgan fingerprint density at radius 2 is 2.27 bits per heavy atom. The van der Waals surface area contributed by atoms with Gasteiger partial charge in [0.05, 0.1) is 6.61 Å². The third-order valence-corrected chi connectivity index (χ3v) is 1.15. The lowest BCUT2D eigenvalue weighted by Crippen LogP contribution is -2.16. The van der Waals surface area contributed by atoms with Gasteiger partial charge in [-0.3, -0.25) is 0 Å². The summed E-state index contributed by atoms with van der Waals surface area (Å²) in [4.78, 5) is 10.8. The fourth-order valence-electron chi connectivity index (χ4n) is 0.461. The third kappa shape index (κ3) is 4.25. The van der Waals surface area contributed by atoms with Gasteiger partial charge in [-0.2, -0.15) is 0 Å². The maximum absolute atomic E-state index is 10.8. The first-order valence-corrected chi connectivity index (χ1v) is 3.56. The maximum atomic E-state index is 10.8. The second-order valence-electron chi connectivity index (χ2n) is 2.11. The molecule has 0 atom stereocenters. The molecule has 4 heteroatoms. The zero-order chi connectivity index (χ0) is 8.69. The summed E-state index contributed by atoms with van der Waals surface area (Å²) in [7, 11) is 0. The normalized spacial score (nSPS) is 11.2. The Morgan fingerprint density at radius 1 is 1.64 bits per heavy atom. The molecule has 0 aliphatic rings. The lowest BCUT2D eigenvalue weighted by Gasteiger charge is -2.01. The number of hydrogen-bond acceptors (Lipinski definition) is 4. The van der Waals surface area contributed by atoms with Crippen LogP contribution in [-0.4, -0.2) is 12.6 Å². The highest BCUT2D eigenvalue weighted by molar-refractivity contribution is 5.87. The summed E-state index contributed by atoms with van der Waals surface area (Å²) in [5, 5.41) is 0. The van der Waals surface area contributed by atoms with Gasteiger partial charge >= 0.3 is 5.97 Å². The first kappa shape index (κ1) is 9.81. The Kier molecular flexibility index (Phi) is 4.98. The van der Waals surface area contributed by atoms with Crippen molar-refractivity contribution in [1.82, 2.24) is 0 Å². The van der Waals surface area contributed by atoms with Crippen LogP contribution < -0.4 is 11.5 Å². The Labute approximate surface area is 66.2 Å². The predicted octanol–water partition coefficient (Wildman–Crippen LogP) is 0.0885. The van der Waals surface area contributed by atoms with Crippen molar-refractivity contribution in [1.29, 1.82) is 0 Å². The highest BCUT2D eigenvalue weighted by atomic mass is 16.5. The highest BCUT2D eigenvalue weighted by Crippen LogP contribution is 1.91. The Bertz CT molecular complexity index is 155. The Balaban J connectivity index is 3.53. The second-order valence-corrected chi connectivity index (χ2v) is 2.11. The van der Waals surface area contributed by atoms with Gasteiger partial charge in [-0.15, -0.1) is 0 Å². The molecule has 0 amide bonds. The number of carbonyl (C=O) groups is 1. The summed E-state index contributed by atoms with van der Waals surface area (Å²) in [6.45, 7) is 2.42. The van der Waals surface area contributed by atoms with E-state index in [4.69, 9.17) is 16.2 Å². The van der Waals surface area contributed by atoms with Crippen LogP contribution in [0.2, 0.25) is 0 Å². The predicted molar refractivity (Wildman–Crippen MR) is 42.3 cm³/mol. The number of esters is 1. The van der Waals surface area contributed by atoms with Crippen molar-refractivity contribution in [2.75, 3.05) is 6.61 Å². The van der Waals surface area contributed by atoms with E-state index >= 15 is 0 Å². The first-order valence-electron chi connectivity index (χ1n) is 3.56. The zero-order valence-corrected chi connectivity index (χ0v) is 6.67. The molecule has 11 heavy (non-hydrogen) atoms. The summed E-state index contributed by atoms with van der Waals surface area (Å²) < 4.78 is 4.72. The van der Waals surface area contributed by atoms with E-state index in [0.717, 1.165) is 19.0 Å². The fourth-order valence-corrected chi connectivity index (χ4v) is 0.461. The minimum atomic E-state index is -0.541. The summed E-state index contributed by atoms with van der Waals surface area (Å²) in [5.41, 5.74) is 10.1. The van der Waals surface area contributed by atoms with Crippen LogP contribution in [0.1, 0.15) is 19.8 Å². The summed E-state index contributed by atoms with van der Waals surface area (Å²) in [5.74, 6) is -0.541. The molecule has 0 aromatic carbocycles.